The smallest absolute Gasteiger partial charge is 0.164 e. The van der Waals surface area contributed by atoms with Crippen LogP contribution >= 0.6 is 0 Å². The van der Waals surface area contributed by atoms with Crippen LogP contribution in [0.15, 0.2) is 206 Å². The van der Waals surface area contributed by atoms with Crippen molar-refractivity contribution < 1.29 is 0 Å². The molecule has 11 rings (SSSR count). The van der Waals surface area contributed by atoms with Crippen LogP contribution in [-0.2, 0) is 0 Å². The third-order valence-corrected chi connectivity index (χ3v) is 11.0. The molecule has 0 unspecified atom stereocenters. The molecule has 2 aromatic heterocycles. The Morgan fingerprint density at radius 3 is 1.58 bits per heavy atom. The highest BCUT2D eigenvalue weighted by molar-refractivity contribution is 6.14. The third kappa shape index (κ3) is 5.74. The van der Waals surface area contributed by atoms with E-state index in [0.717, 1.165) is 49.8 Å². The summed E-state index contributed by atoms with van der Waals surface area (Å²) in [5, 5.41) is 7.19. The summed E-state index contributed by atoms with van der Waals surface area (Å²) in [5.74, 6) is 1.88. The molecule has 0 aliphatic rings. The van der Waals surface area contributed by atoms with Crippen LogP contribution in [0.3, 0.4) is 0 Å². The maximum absolute atomic E-state index is 5.25. The summed E-state index contributed by atoms with van der Waals surface area (Å²) in [7, 11) is 0. The van der Waals surface area contributed by atoms with Crippen molar-refractivity contribution in [3.05, 3.63) is 206 Å². The minimum absolute atomic E-state index is 0.622. The molecule has 4 heteroatoms. The van der Waals surface area contributed by atoms with Crippen LogP contribution in [0.1, 0.15) is 0 Å². The molecule has 4 nitrogen and oxygen atoms in total. The highest BCUT2D eigenvalue weighted by Crippen LogP contribution is 2.40. The number of hydrogen-bond donors (Lipinski definition) is 0. The maximum Gasteiger partial charge on any atom is 0.164 e. The Hall–Kier alpha value is -7.69. The van der Waals surface area contributed by atoms with E-state index in [4.69, 9.17) is 15.0 Å². The summed E-state index contributed by atoms with van der Waals surface area (Å²) >= 11 is 0. The minimum Gasteiger partial charge on any atom is -0.309 e. The van der Waals surface area contributed by atoms with Gasteiger partial charge in [-0.15, -0.1) is 0 Å². The van der Waals surface area contributed by atoms with Gasteiger partial charge < -0.3 is 4.57 Å². The summed E-state index contributed by atoms with van der Waals surface area (Å²) in [5.41, 5.74) is 10.8. The largest absolute Gasteiger partial charge is 0.309 e. The van der Waals surface area contributed by atoms with Gasteiger partial charge in [0.05, 0.1) is 16.7 Å². The molecule has 266 valence electrons. The molecule has 0 fully saturated rings. The molecule has 2 heterocycles. The van der Waals surface area contributed by atoms with Gasteiger partial charge in [-0.25, -0.2) is 15.0 Å². The summed E-state index contributed by atoms with van der Waals surface area (Å²) in [6.07, 6.45) is 0. The number of aromatic nitrogens is 4. The van der Waals surface area contributed by atoms with Crippen LogP contribution in [-0.4, -0.2) is 19.5 Å². The second kappa shape index (κ2) is 13.6. The average molecular weight is 727 g/mol. The molecule has 0 radical (unpaired) electrons. The quantitative estimate of drug-likeness (QED) is 0.171. The number of nitrogens with zero attached hydrogens (tertiary/aromatic N) is 4. The predicted molar refractivity (Wildman–Crippen MR) is 236 cm³/mol. The van der Waals surface area contributed by atoms with E-state index >= 15 is 0 Å². The van der Waals surface area contributed by atoms with Crippen molar-refractivity contribution in [1.82, 2.24) is 19.5 Å². The van der Waals surface area contributed by atoms with Crippen LogP contribution in [0.4, 0.5) is 0 Å². The summed E-state index contributed by atoms with van der Waals surface area (Å²) < 4.78 is 2.41. The molecule has 0 aliphatic carbocycles. The molecular weight excluding hydrogens is 693 g/mol. The van der Waals surface area contributed by atoms with Crippen molar-refractivity contribution in [3.63, 3.8) is 0 Å². The number of para-hydroxylation sites is 2. The number of rotatable bonds is 6. The lowest BCUT2D eigenvalue weighted by atomic mass is 9.97. The lowest BCUT2D eigenvalue weighted by Crippen LogP contribution is -2.02. The predicted octanol–water partition coefficient (Wildman–Crippen LogP) is 13.6. The monoisotopic (exact) mass is 726 g/mol. The topological polar surface area (TPSA) is 43.6 Å². The first kappa shape index (κ1) is 32.7. The van der Waals surface area contributed by atoms with Crippen LogP contribution < -0.4 is 0 Å². The highest BCUT2D eigenvalue weighted by Gasteiger charge is 2.20. The van der Waals surface area contributed by atoms with Gasteiger partial charge in [0.1, 0.15) is 0 Å². The first-order valence-corrected chi connectivity index (χ1v) is 19.3. The second-order valence-electron chi connectivity index (χ2n) is 14.4. The van der Waals surface area contributed by atoms with E-state index < -0.39 is 0 Å². The molecular formula is C53H34N4. The standard InChI is InChI=1S/C53H34N4/c1-3-15-35(16-4-1)39-27-28-41-32-42(30-29-40(41)31-39)52-54-51(36-17-5-2-6-18-36)55-53(56-52)46-24-10-9-21-43(46)44-22-11-13-25-48(44)57-49-26-14-12-23-45(49)47-33-37-19-7-8-20-38(37)34-50(47)57/h1-34H. The number of fused-ring (bicyclic) bond motifs is 5. The molecule has 0 saturated carbocycles. The third-order valence-electron chi connectivity index (χ3n) is 11.0. The van der Waals surface area contributed by atoms with Gasteiger partial charge in [-0.05, 0) is 74.6 Å². The fourth-order valence-electron chi connectivity index (χ4n) is 8.26. The summed E-state index contributed by atoms with van der Waals surface area (Å²) in [6.45, 7) is 0. The van der Waals surface area contributed by atoms with Crippen molar-refractivity contribution in [2.75, 3.05) is 0 Å². The van der Waals surface area contributed by atoms with E-state index in [1.165, 1.54) is 38.2 Å². The molecule has 0 saturated heterocycles. The molecule has 9 aromatic carbocycles. The lowest BCUT2D eigenvalue weighted by Gasteiger charge is -2.17. The Balaban J connectivity index is 1.09. The Bertz CT molecular complexity index is 3290. The molecule has 11 aromatic rings. The van der Waals surface area contributed by atoms with E-state index in [-0.39, 0.29) is 0 Å². The van der Waals surface area contributed by atoms with Gasteiger partial charge in [-0.2, -0.15) is 0 Å². The van der Waals surface area contributed by atoms with Crippen LogP contribution in [0.2, 0.25) is 0 Å². The van der Waals surface area contributed by atoms with E-state index in [0.29, 0.717) is 17.5 Å². The van der Waals surface area contributed by atoms with E-state index in [1.54, 1.807) is 0 Å². The Morgan fingerprint density at radius 1 is 0.281 bits per heavy atom. The van der Waals surface area contributed by atoms with Crippen LogP contribution in [0, 0.1) is 0 Å². The van der Waals surface area contributed by atoms with E-state index in [2.05, 4.69) is 187 Å². The van der Waals surface area contributed by atoms with Crippen molar-refractivity contribution in [2.24, 2.45) is 0 Å². The average Bonchev–Trinajstić information content (AvgIpc) is 3.61. The summed E-state index contributed by atoms with van der Waals surface area (Å²) in [6, 6.07) is 72.9. The van der Waals surface area contributed by atoms with Crippen molar-refractivity contribution in [1.29, 1.82) is 0 Å². The summed E-state index contributed by atoms with van der Waals surface area (Å²) in [4.78, 5) is 15.5. The fourth-order valence-corrected chi connectivity index (χ4v) is 8.26. The minimum atomic E-state index is 0.622. The zero-order valence-electron chi connectivity index (χ0n) is 30.9. The molecule has 0 aliphatic heterocycles. The Labute approximate surface area is 330 Å². The Kier molecular flexibility index (Phi) is 7.78. The lowest BCUT2D eigenvalue weighted by molar-refractivity contribution is 1.07. The van der Waals surface area contributed by atoms with Gasteiger partial charge in [-0.3, -0.25) is 0 Å². The first-order valence-electron chi connectivity index (χ1n) is 19.3. The zero-order valence-corrected chi connectivity index (χ0v) is 30.9. The number of hydrogen-bond acceptors (Lipinski definition) is 3. The van der Waals surface area contributed by atoms with E-state index in [9.17, 15) is 0 Å². The van der Waals surface area contributed by atoms with Gasteiger partial charge in [0.2, 0.25) is 0 Å². The van der Waals surface area contributed by atoms with Crippen molar-refractivity contribution >= 4 is 43.4 Å². The normalized spacial score (nSPS) is 11.5. The van der Waals surface area contributed by atoms with E-state index in [1.807, 2.05) is 24.3 Å². The van der Waals surface area contributed by atoms with Gasteiger partial charge in [0, 0.05) is 33.0 Å². The van der Waals surface area contributed by atoms with Gasteiger partial charge >= 0.3 is 0 Å². The van der Waals surface area contributed by atoms with Crippen molar-refractivity contribution in [3.8, 4) is 62.1 Å². The molecule has 0 atom stereocenters. The molecule has 0 spiro atoms. The molecule has 0 amide bonds. The maximum atomic E-state index is 5.25. The van der Waals surface area contributed by atoms with Gasteiger partial charge in [0.25, 0.3) is 0 Å². The first-order chi connectivity index (χ1) is 28.2. The SMILES string of the molecule is c1ccc(-c2ccc3cc(-c4nc(-c5ccccc5)nc(-c5ccccc5-c5ccccc5-n5c6ccccc6c6cc7ccccc7cc65)n4)ccc3c2)cc1. The molecule has 0 bridgehead atoms. The van der Waals surface area contributed by atoms with Crippen molar-refractivity contribution in [2.45, 2.75) is 0 Å². The second-order valence-corrected chi connectivity index (χ2v) is 14.4. The Morgan fingerprint density at radius 2 is 0.807 bits per heavy atom. The number of benzene rings is 9. The van der Waals surface area contributed by atoms with Gasteiger partial charge in [0.15, 0.2) is 17.5 Å². The molecule has 57 heavy (non-hydrogen) atoms. The zero-order chi connectivity index (χ0) is 37.7. The highest BCUT2D eigenvalue weighted by atomic mass is 15.0. The molecule has 0 N–H and O–H groups in total. The fraction of sp³-hybridized carbons (Fsp3) is 0. The van der Waals surface area contributed by atoms with Gasteiger partial charge in [-0.1, -0.05) is 170 Å². The van der Waals surface area contributed by atoms with Crippen LogP contribution in [0.25, 0.3) is 105 Å². The van der Waals surface area contributed by atoms with Crippen LogP contribution in [0.5, 0.6) is 0 Å².